The Balaban J connectivity index is 2.02. The van der Waals surface area contributed by atoms with Gasteiger partial charge in [0.15, 0.2) is 0 Å². The average molecular weight is 239 g/mol. The zero-order chi connectivity index (χ0) is 12.6. The van der Waals surface area contributed by atoms with Crippen LogP contribution in [0.3, 0.4) is 0 Å². The number of hydrogen-bond acceptors (Lipinski definition) is 3. The monoisotopic (exact) mass is 239 g/mol. The number of piperidine rings is 1. The predicted molar refractivity (Wildman–Crippen MR) is 66.4 cm³/mol. The molecule has 4 nitrogen and oxygen atoms in total. The smallest absolute Gasteiger partial charge is 0.410 e. The number of carbonyl (C=O) groups excluding carboxylic acids is 1. The molecule has 0 unspecified atom stereocenters. The van der Waals surface area contributed by atoms with Gasteiger partial charge in [-0.3, -0.25) is 7.05 Å². The molecule has 0 spiro atoms. The quantitative estimate of drug-likeness (QED) is 0.607. The van der Waals surface area contributed by atoms with E-state index in [0.29, 0.717) is 12.0 Å². The molecular formula is C13H23N2O2-. The van der Waals surface area contributed by atoms with Crippen LogP contribution in [0.2, 0.25) is 0 Å². The molecule has 2 rings (SSSR count). The normalized spacial score (nSPS) is 30.2. The zero-order valence-electron chi connectivity index (χ0n) is 11.1. The van der Waals surface area contributed by atoms with Gasteiger partial charge in [-0.15, -0.1) is 0 Å². The van der Waals surface area contributed by atoms with Crippen LogP contribution >= 0.6 is 0 Å². The van der Waals surface area contributed by atoms with Gasteiger partial charge in [0.2, 0.25) is 0 Å². The first-order valence-electron chi connectivity index (χ1n) is 6.42. The minimum absolute atomic E-state index is 0.164. The molecule has 0 N–H and O–H groups in total. The number of nitrogens with zero attached hydrogens (tertiary/aromatic N) is 2. The molecule has 1 amide bonds. The first-order chi connectivity index (χ1) is 7.87. The highest BCUT2D eigenvalue weighted by Crippen LogP contribution is 2.31. The summed E-state index contributed by atoms with van der Waals surface area (Å²) in [6, 6.07) is 0.302. The summed E-state index contributed by atoms with van der Waals surface area (Å²) in [5.74, 6) is 0.578. The van der Waals surface area contributed by atoms with Gasteiger partial charge in [-0.1, -0.05) is 0 Å². The predicted octanol–water partition coefficient (Wildman–Crippen LogP) is 2.11. The summed E-state index contributed by atoms with van der Waals surface area (Å²) in [5, 5.41) is 0. The van der Waals surface area contributed by atoms with E-state index >= 15 is 0 Å². The highest BCUT2D eigenvalue weighted by Gasteiger charge is 2.39. The van der Waals surface area contributed by atoms with Crippen LogP contribution in [-0.2, 0) is 4.74 Å². The molecule has 2 heterocycles. The fourth-order valence-corrected chi connectivity index (χ4v) is 2.82. The van der Waals surface area contributed by atoms with E-state index < -0.39 is 5.60 Å². The van der Waals surface area contributed by atoms with E-state index in [0.717, 1.165) is 26.1 Å². The number of amides is 1. The first-order valence-corrected chi connectivity index (χ1v) is 6.42. The summed E-state index contributed by atoms with van der Waals surface area (Å²) in [6.45, 7) is 8.44. The number of rotatable bonds is 0. The lowest BCUT2D eigenvalue weighted by Crippen LogP contribution is -2.50. The van der Waals surface area contributed by atoms with E-state index in [1.807, 2.05) is 25.7 Å². The van der Waals surface area contributed by atoms with Crippen molar-refractivity contribution in [2.24, 2.45) is 5.92 Å². The highest BCUT2D eigenvalue weighted by atomic mass is 16.6. The third kappa shape index (κ3) is 2.92. The van der Waals surface area contributed by atoms with E-state index in [2.05, 4.69) is 11.9 Å². The molecule has 2 aliphatic rings. The third-order valence-electron chi connectivity index (χ3n) is 3.48. The lowest BCUT2D eigenvalue weighted by Gasteiger charge is -2.38. The maximum atomic E-state index is 12.1. The molecule has 0 radical (unpaired) electrons. The molecule has 0 aliphatic carbocycles. The fourth-order valence-electron chi connectivity index (χ4n) is 2.82. The van der Waals surface area contributed by atoms with Gasteiger partial charge in [0, 0.05) is 12.6 Å². The molecule has 0 aromatic carbocycles. The Morgan fingerprint density at radius 1 is 1.35 bits per heavy atom. The second kappa shape index (κ2) is 4.48. The maximum Gasteiger partial charge on any atom is 0.410 e. The fraction of sp³-hybridized carbons (Fsp3) is 0.846. The Morgan fingerprint density at radius 2 is 2.06 bits per heavy atom. The average Bonchev–Trinajstić information content (AvgIpc) is 2.54. The number of ether oxygens (including phenoxy) is 1. The zero-order valence-corrected chi connectivity index (χ0v) is 11.1. The Bertz CT molecular complexity index is 298. The van der Waals surface area contributed by atoms with Gasteiger partial charge in [-0.05, 0) is 52.6 Å². The Morgan fingerprint density at radius 3 is 2.71 bits per heavy atom. The van der Waals surface area contributed by atoms with Crippen LogP contribution in [0.5, 0.6) is 0 Å². The van der Waals surface area contributed by atoms with Crippen LogP contribution in [0.25, 0.3) is 0 Å². The summed E-state index contributed by atoms with van der Waals surface area (Å²) in [7, 11) is 3.98. The van der Waals surface area contributed by atoms with Crippen LogP contribution < -0.4 is 0 Å². The highest BCUT2D eigenvalue weighted by molar-refractivity contribution is 5.68. The van der Waals surface area contributed by atoms with E-state index in [-0.39, 0.29) is 6.09 Å². The molecular weight excluding hydrogens is 216 g/mol. The standard InChI is InChI=1S/C13H23N2O2/c1-13(2,3)17-12(16)15-7-5-6-10-8-14(4)9-11(10)15/h10-11H,4-9H2,1-3H3/q-1/t10-,11+/m0/s1. The van der Waals surface area contributed by atoms with Gasteiger partial charge in [-0.2, -0.15) is 0 Å². The summed E-state index contributed by atoms with van der Waals surface area (Å²) < 4.78 is 5.47. The molecule has 0 aromatic rings. The lowest BCUT2D eigenvalue weighted by atomic mass is 9.92. The van der Waals surface area contributed by atoms with Crippen molar-refractivity contribution in [1.82, 2.24) is 9.80 Å². The van der Waals surface area contributed by atoms with Crippen molar-refractivity contribution in [3.05, 3.63) is 7.05 Å². The molecule has 98 valence electrons. The van der Waals surface area contributed by atoms with Gasteiger partial charge in [0.25, 0.3) is 0 Å². The van der Waals surface area contributed by atoms with Crippen molar-refractivity contribution < 1.29 is 9.53 Å². The molecule has 2 saturated heterocycles. The number of likely N-dealkylation sites (tertiary alicyclic amines) is 2. The molecule has 4 heteroatoms. The minimum Gasteiger partial charge on any atom is -0.457 e. The van der Waals surface area contributed by atoms with E-state index in [1.54, 1.807) is 0 Å². The number of carbonyl (C=O) groups is 1. The van der Waals surface area contributed by atoms with Gasteiger partial charge in [0.05, 0.1) is 0 Å². The Labute approximate surface area is 104 Å². The summed E-state index contributed by atoms with van der Waals surface area (Å²) >= 11 is 0. The molecule has 0 aromatic heterocycles. The third-order valence-corrected chi connectivity index (χ3v) is 3.48. The summed E-state index contributed by atoms with van der Waals surface area (Å²) in [6.07, 6.45) is 2.12. The van der Waals surface area contributed by atoms with Crippen molar-refractivity contribution in [3.8, 4) is 0 Å². The molecule has 2 atom stereocenters. The van der Waals surface area contributed by atoms with Crippen LogP contribution in [-0.4, -0.2) is 47.2 Å². The molecule has 2 fully saturated rings. The van der Waals surface area contributed by atoms with Crippen LogP contribution in [0.4, 0.5) is 4.79 Å². The van der Waals surface area contributed by atoms with Crippen LogP contribution in [0, 0.1) is 13.0 Å². The topological polar surface area (TPSA) is 32.8 Å². The van der Waals surface area contributed by atoms with E-state index in [4.69, 9.17) is 4.74 Å². The van der Waals surface area contributed by atoms with Crippen molar-refractivity contribution in [3.63, 3.8) is 0 Å². The minimum atomic E-state index is -0.410. The second-order valence-corrected chi connectivity index (χ2v) is 6.18. The van der Waals surface area contributed by atoms with Gasteiger partial charge >= 0.3 is 6.09 Å². The van der Waals surface area contributed by atoms with E-state index in [9.17, 15) is 4.79 Å². The van der Waals surface area contributed by atoms with Crippen molar-refractivity contribution in [1.29, 1.82) is 0 Å². The van der Waals surface area contributed by atoms with Gasteiger partial charge in [0.1, 0.15) is 5.60 Å². The largest absolute Gasteiger partial charge is 0.457 e. The first kappa shape index (κ1) is 12.7. The molecule has 0 bridgehead atoms. The maximum absolute atomic E-state index is 12.1. The van der Waals surface area contributed by atoms with E-state index in [1.165, 1.54) is 6.42 Å². The van der Waals surface area contributed by atoms with Gasteiger partial charge < -0.3 is 14.5 Å². The van der Waals surface area contributed by atoms with Crippen LogP contribution in [0.15, 0.2) is 0 Å². The SMILES string of the molecule is [CH2-]N1C[C@@H]2CCCN(C(=O)OC(C)(C)C)[C@@H]2C1. The van der Waals surface area contributed by atoms with Gasteiger partial charge in [-0.25, -0.2) is 4.79 Å². The lowest BCUT2D eigenvalue weighted by molar-refractivity contribution is 0.00637. The number of fused-ring (bicyclic) bond motifs is 1. The van der Waals surface area contributed by atoms with Crippen LogP contribution in [0.1, 0.15) is 33.6 Å². The Hall–Kier alpha value is -0.770. The summed E-state index contributed by atoms with van der Waals surface area (Å²) in [4.78, 5) is 16.1. The second-order valence-electron chi connectivity index (χ2n) is 6.18. The molecule has 2 aliphatic heterocycles. The van der Waals surface area contributed by atoms with Crippen molar-refractivity contribution >= 4 is 6.09 Å². The number of hydrogen-bond donors (Lipinski definition) is 0. The Kier molecular flexibility index (Phi) is 3.34. The summed E-state index contributed by atoms with van der Waals surface area (Å²) in [5.41, 5.74) is -0.410. The van der Waals surface area contributed by atoms with Crippen molar-refractivity contribution in [2.45, 2.75) is 45.3 Å². The molecule has 17 heavy (non-hydrogen) atoms. The molecule has 0 saturated carbocycles. The van der Waals surface area contributed by atoms with Crippen molar-refractivity contribution in [2.75, 3.05) is 19.6 Å².